The lowest BCUT2D eigenvalue weighted by Crippen LogP contribution is -2.23. The van der Waals surface area contributed by atoms with E-state index < -0.39 is 0 Å². The molecule has 2 aromatic rings. The van der Waals surface area contributed by atoms with E-state index in [-0.39, 0.29) is 0 Å². The first kappa shape index (κ1) is 11.9. The van der Waals surface area contributed by atoms with E-state index >= 15 is 0 Å². The number of hydrogen-bond donors (Lipinski definition) is 1. The van der Waals surface area contributed by atoms with Gasteiger partial charge in [0.1, 0.15) is 0 Å². The number of likely N-dealkylation sites (N-methyl/N-ethyl adjacent to an activating group) is 1. The quantitative estimate of drug-likeness (QED) is 0.871. The molecule has 0 radical (unpaired) electrons. The first-order valence-electron chi connectivity index (χ1n) is 5.95. The minimum Gasteiger partial charge on any atom is -0.317 e. The zero-order valence-electron chi connectivity index (χ0n) is 10.6. The standard InChI is InChI=1S/C14H19N3/c1-11(15-2)10-12-4-6-13(7-5-12)14-8-9-17(3)16-14/h4-9,11,15H,10H2,1-3H3. The second-order valence-corrected chi connectivity index (χ2v) is 4.47. The van der Waals surface area contributed by atoms with Crippen molar-refractivity contribution in [2.24, 2.45) is 7.05 Å². The number of rotatable bonds is 4. The maximum absolute atomic E-state index is 4.39. The first-order chi connectivity index (χ1) is 8.19. The summed E-state index contributed by atoms with van der Waals surface area (Å²) in [5.74, 6) is 0. The van der Waals surface area contributed by atoms with E-state index in [4.69, 9.17) is 0 Å². The number of nitrogens with zero attached hydrogens (tertiary/aromatic N) is 2. The molecule has 0 aliphatic carbocycles. The third-order valence-electron chi connectivity index (χ3n) is 3.00. The van der Waals surface area contributed by atoms with Gasteiger partial charge in [0.05, 0.1) is 5.69 Å². The van der Waals surface area contributed by atoms with Crippen LogP contribution in [-0.4, -0.2) is 22.9 Å². The summed E-state index contributed by atoms with van der Waals surface area (Å²) in [5.41, 5.74) is 3.55. The van der Waals surface area contributed by atoms with Crippen molar-refractivity contribution >= 4 is 0 Å². The van der Waals surface area contributed by atoms with Crippen LogP contribution in [-0.2, 0) is 13.5 Å². The molecular formula is C14H19N3. The molecule has 1 aromatic carbocycles. The van der Waals surface area contributed by atoms with Crippen LogP contribution in [0.1, 0.15) is 12.5 Å². The maximum Gasteiger partial charge on any atom is 0.0923 e. The molecule has 0 aliphatic rings. The van der Waals surface area contributed by atoms with Gasteiger partial charge < -0.3 is 5.32 Å². The van der Waals surface area contributed by atoms with Gasteiger partial charge in [0, 0.05) is 24.8 Å². The average molecular weight is 229 g/mol. The number of aromatic nitrogens is 2. The Bertz CT molecular complexity index is 470. The molecule has 0 fully saturated rings. The molecular weight excluding hydrogens is 210 g/mol. The highest BCUT2D eigenvalue weighted by atomic mass is 15.2. The Morgan fingerprint density at radius 1 is 1.24 bits per heavy atom. The molecule has 0 aliphatic heterocycles. The smallest absolute Gasteiger partial charge is 0.0923 e. The summed E-state index contributed by atoms with van der Waals surface area (Å²) in [4.78, 5) is 0. The molecule has 1 N–H and O–H groups in total. The van der Waals surface area contributed by atoms with Crippen molar-refractivity contribution in [2.45, 2.75) is 19.4 Å². The van der Waals surface area contributed by atoms with Gasteiger partial charge in [-0.1, -0.05) is 24.3 Å². The van der Waals surface area contributed by atoms with E-state index in [1.54, 1.807) is 0 Å². The summed E-state index contributed by atoms with van der Waals surface area (Å²) < 4.78 is 1.83. The van der Waals surface area contributed by atoms with Gasteiger partial charge in [-0.3, -0.25) is 4.68 Å². The molecule has 2 rings (SSSR count). The third-order valence-corrected chi connectivity index (χ3v) is 3.00. The first-order valence-corrected chi connectivity index (χ1v) is 5.95. The molecule has 1 atom stereocenters. The van der Waals surface area contributed by atoms with Gasteiger partial charge in [-0.2, -0.15) is 5.10 Å². The molecule has 1 aromatic heterocycles. The van der Waals surface area contributed by atoms with Crippen LogP contribution in [0.4, 0.5) is 0 Å². The molecule has 1 unspecified atom stereocenters. The fourth-order valence-electron chi connectivity index (χ4n) is 1.84. The molecule has 0 saturated heterocycles. The zero-order valence-corrected chi connectivity index (χ0v) is 10.6. The molecule has 17 heavy (non-hydrogen) atoms. The van der Waals surface area contributed by atoms with Gasteiger partial charge in [-0.05, 0) is 32.0 Å². The normalized spacial score (nSPS) is 12.6. The minimum atomic E-state index is 0.510. The van der Waals surface area contributed by atoms with Gasteiger partial charge in [0.15, 0.2) is 0 Å². The topological polar surface area (TPSA) is 29.9 Å². The summed E-state index contributed by atoms with van der Waals surface area (Å²) in [5, 5.41) is 7.64. The summed E-state index contributed by atoms with van der Waals surface area (Å²) in [6.45, 7) is 2.19. The number of nitrogens with one attached hydrogen (secondary N) is 1. The van der Waals surface area contributed by atoms with Crippen LogP contribution >= 0.6 is 0 Å². The van der Waals surface area contributed by atoms with E-state index in [0.717, 1.165) is 12.1 Å². The van der Waals surface area contributed by atoms with Crippen LogP contribution in [0.15, 0.2) is 36.5 Å². The monoisotopic (exact) mass is 229 g/mol. The predicted octanol–water partition coefficient (Wildman–Crippen LogP) is 2.24. The fourth-order valence-corrected chi connectivity index (χ4v) is 1.84. The van der Waals surface area contributed by atoms with Gasteiger partial charge in [0.2, 0.25) is 0 Å². The second-order valence-electron chi connectivity index (χ2n) is 4.47. The van der Waals surface area contributed by atoms with Crippen molar-refractivity contribution in [2.75, 3.05) is 7.05 Å². The van der Waals surface area contributed by atoms with Crippen LogP contribution in [0.5, 0.6) is 0 Å². The highest BCUT2D eigenvalue weighted by molar-refractivity contribution is 5.58. The summed E-state index contributed by atoms with van der Waals surface area (Å²) >= 11 is 0. The van der Waals surface area contributed by atoms with Gasteiger partial charge in [-0.25, -0.2) is 0 Å². The Balaban J connectivity index is 2.13. The van der Waals surface area contributed by atoms with Gasteiger partial charge >= 0.3 is 0 Å². The van der Waals surface area contributed by atoms with Crippen LogP contribution in [0.3, 0.4) is 0 Å². The van der Waals surface area contributed by atoms with Crippen molar-refractivity contribution in [1.29, 1.82) is 0 Å². The largest absolute Gasteiger partial charge is 0.317 e. The van der Waals surface area contributed by atoms with Crippen molar-refractivity contribution in [3.05, 3.63) is 42.1 Å². The molecule has 90 valence electrons. The number of aryl methyl sites for hydroxylation is 1. The lowest BCUT2D eigenvalue weighted by Gasteiger charge is -2.09. The molecule has 1 heterocycles. The Kier molecular flexibility index (Phi) is 3.59. The minimum absolute atomic E-state index is 0.510. The summed E-state index contributed by atoms with van der Waals surface area (Å²) in [6.07, 6.45) is 3.02. The van der Waals surface area contributed by atoms with E-state index in [2.05, 4.69) is 41.6 Å². The fraction of sp³-hybridized carbons (Fsp3) is 0.357. The van der Waals surface area contributed by atoms with Crippen LogP contribution in [0.2, 0.25) is 0 Å². The van der Waals surface area contributed by atoms with Crippen molar-refractivity contribution in [3.63, 3.8) is 0 Å². The molecule has 0 amide bonds. The molecule has 3 nitrogen and oxygen atoms in total. The lowest BCUT2D eigenvalue weighted by molar-refractivity contribution is 0.608. The Morgan fingerprint density at radius 2 is 1.94 bits per heavy atom. The Morgan fingerprint density at radius 3 is 2.47 bits per heavy atom. The molecule has 0 bridgehead atoms. The van der Waals surface area contributed by atoms with Crippen LogP contribution in [0, 0.1) is 0 Å². The van der Waals surface area contributed by atoms with Crippen molar-refractivity contribution < 1.29 is 0 Å². The molecule has 0 spiro atoms. The van der Waals surface area contributed by atoms with E-state index in [9.17, 15) is 0 Å². The van der Waals surface area contributed by atoms with E-state index in [0.29, 0.717) is 6.04 Å². The highest BCUT2D eigenvalue weighted by Crippen LogP contribution is 2.17. The lowest BCUT2D eigenvalue weighted by atomic mass is 10.0. The number of benzene rings is 1. The van der Waals surface area contributed by atoms with E-state index in [1.165, 1.54) is 11.1 Å². The average Bonchev–Trinajstić information content (AvgIpc) is 2.77. The SMILES string of the molecule is CNC(C)Cc1ccc(-c2ccn(C)n2)cc1. The van der Waals surface area contributed by atoms with Gasteiger partial charge in [-0.15, -0.1) is 0 Å². The second kappa shape index (κ2) is 5.15. The Hall–Kier alpha value is -1.61. The third kappa shape index (κ3) is 2.94. The zero-order chi connectivity index (χ0) is 12.3. The van der Waals surface area contributed by atoms with E-state index in [1.807, 2.05) is 31.0 Å². The maximum atomic E-state index is 4.39. The predicted molar refractivity (Wildman–Crippen MR) is 70.9 cm³/mol. The Labute approximate surface area is 102 Å². The summed E-state index contributed by atoms with van der Waals surface area (Å²) in [6, 6.07) is 11.2. The van der Waals surface area contributed by atoms with Gasteiger partial charge in [0.25, 0.3) is 0 Å². The van der Waals surface area contributed by atoms with Crippen molar-refractivity contribution in [1.82, 2.24) is 15.1 Å². The molecule has 0 saturated carbocycles. The van der Waals surface area contributed by atoms with Crippen LogP contribution < -0.4 is 5.32 Å². The van der Waals surface area contributed by atoms with Crippen LogP contribution in [0.25, 0.3) is 11.3 Å². The van der Waals surface area contributed by atoms with Crippen molar-refractivity contribution in [3.8, 4) is 11.3 Å². The molecule has 3 heteroatoms. The highest BCUT2D eigenvalue weighted by Gasteiger charge is 2.03. The number of hydrogen-bond acceptors (Lipinski definition) is 2. The summed E-state index contributed by atoms with van der Waals surface area (Å²) in [7, 11) is 3.93.